The van der Waals surface area contributed by atoms with E-state index in [-0.39, 0.29) is 5.82 Å². The van der Waals surface area contributed by atoms with Gasteiger partial charge in [-0.2, -0.15) is 5.10 Å². The van der Waals surface area contributed by atoms with Crippen molar-refractivity contribution >= 4 is 27.4 Å². The fourth-order valence-corrected chi connectivity index (χ4v) is 2.29. The van der Waals surface area contributed by atoms with Crippen molar-refractivity contribution in [1.29, 1.82) is 0 Å². The lowest BCUT2D eigenvalue weighted by Crippen LogP contribution is -1.94. The van der Waals surface area contributed by atoms with Crippen LogP contribution in [-0.2, 0) is 0 Å². The zero-order valence-electron chi connectivity index (χ0n) is 9.14. The molecule has 0 fully saturated rings. The molecule has 3 aromatic rings. The lowest BCUT2D eigenvalue weighted by Gasteiger charge is -1.96. The zero-order valence-corrected chi connectivity index (χ0v) is 10.7. The summed E-state index contributed by atoms with van der Waals surface area (Å²) in [7, 11) is 0. The predicted molar refractivity (Wildman–Crippen MR) is 70.5 cm³/mol. The quantitative estimate of drug-likeness (QED) is 0.752. The maximum absolute atomic E-state index is 12.9. The molecule has 2 aromatic heterocycles. The third kappa shape index (κ3) is 1.74. The summed E-state index contributed by atoms with van der Waals surface area (Å²) in [4.78, 5) is 4.20. The molecule has 0 bridgehead atoms. The molecule has 0 atom stereocenters. The van der Waals surface area contributed by atoms with Gasteiger partial charge < -0.3 is 5.73 Å². The van der Waals surface area contributed by atoms with Crippen molar-refractivity contribution in [2.75, 3.05) is 5.73 Å². The smallest absolute Gasteiger partial charge is 0.172 e. The molecular weight excluding hydrogens is 299 g/mol. The Morgan fingerprint density at radius 1 is 1.17 bits per heavy atom. The molecule has 90 valence electrons. The van der Waals surface area contributed by atoms with Gasteiger partial charge >= 0.3 is 0 Å². The van der Waals surface area contributed by atoms with Crippen molar-refractivity contribution in [2.24, 2.45) is 0 Å². The largest absolute Gasteiger partial charge is 0.384 e. The second-order valence-electron chi connectivity index (χ2n) is 3.79. The summed E-state index contributed by atoms with van der Waals surface area (Å²) in [5.41, 5.74) is 7.79. The molecule has 0 aliphatic heterocycles. The van der Waals surface area contributed by atoms with Gasteiger partial charge in [0.05, 0.1) is 4.47 Å². The zero-order chi connectivity index (χ0) is 12.7. The number of fused-ring (bicyclic) bond motifs is 1. The number of nitrogen functional groups attached to an aromatic ring is 1. The maximum atomic E-state index is 12.9. The Hall–Kier alpha value is -1.95. The lowest BCUT2D eigenvalue weighted by molar-refractivity contribution is 0.628. The van der Waals surface area contributed by atoms with Crippen LogP contribution < -0.4 is 5.73 Å². The average Bonchev–Trinajstić information content (AvgIpc) is 2.68. The Labute approximate surface area is 110 Å². The van der Waals surface area contributed by atoms with Crippen LogP contribution in [0.5, 0.6) is 0 Å². The van der Waals surface area contributed by atoms with E-state index in [9.17, 15) is 4.39 Å². The first-order valence-corrected chi connectivity index (χ1v) is 6.01. The highest BCUT2D eigenvalue weighted by atomic mass is 79.9. The summed E-state index contributed by atoms with van der Waals surface area (Å²) in [6, 6.07) is 7.80. The lowest BCUT2D eigenvalue weighted by atomic mass is 10.1. The Balaban J connectivity index is 2.23. The van der Waals surface area contributed by atoms with Crippen molar-refractivity contribution < 1.29 is 4.39 Å². The Morgan fingerprint density at radius 3 is 2.61 bits per heavy atom. The normalized spacial score (nSPS) is 11.0. The van der Waals surface area contributed by atoms with Gasteiger partial charge in [-0.3, -0.25) is 0 Å². The number of benzene rings is 1. The predicted octanol–water partition coefficient (Wildman–Crippen LogP) is 2.88. The third-order valence-corrected chi connectivity index (χ3v) is 3.30. The summed E-state index contributed by atoms with van der Waals surface area (Å²) in [6.07, 6.45) is 1.73. The van der Waals surface area contributed by atoms with Gasteiger partial charge in [-0.05, 0) is 46.3 Å². The number of hydrogen-bond acceptors (Lipinski definition) is 3. The average molecular weight is 307 g/mol. The van der Waals surface area contributed by atoms with Crippen LogP contribution in [0.3, 0.4) is 0 Å². The SMILES string of the molecule is Nc1ccn2nc(-c3ccc(F)cc3)c(Br)c2n1. The summed E-state index contributed by atoms with van der Waals surface area (Å²) in [6.45, 7) is 0. The Bertz CT molecular complexity index is 721. The van der Waals surface area contributed by atoms with Crippen LogP contribution in [0.2, 0.25) is 0 Å². The van der Waals surface area contributed by atoms with E-state index in [1.54, 1.807) is 28.9 Å². The van der Waals surface area contributed by atoms with Gasteiger partial charge in [-0.1, -0.05) is 0 Å². The van der Waals surface area contributed by atoms with E-state index in [0.29, 0.717) is 17.2 Å². The van der Waals surface area contributed by atoms with Gasteiger partial charge in [0.2, 0.25) is 0 Å². The van der Waals surface area contributed by atoms with E-state index in [4.69, 9.17) is 5.73 Å². The van der Waals surface area contributed by atoms with E-state index in [1.165, 1.54) is 12.1 Å². The van der Waals surface area contributed by atoms with Gasteiger partial charge in [0.1, 0.15) is 17.3 Å². The number of halogens is 2. The molecule has 0 saturated carbocycles. The van der Waals surface area contributed by atoms with Crippen LogP contribution >= 0.6 is 15.9 Å². The van der Waals surface area contributed by atoms with Gasteiger partial charge in [0, 0.05) is 11.8 Å². The Morgan fingerprint density at radius 2 is 1.89 bits per heavy atom. The fourth-order valence-electron chi connectivity index (χ4n) is 1.71. The third-order valence-electron chi connectivity index (χ3n) is 2.57. The van der Waals surface area contributed by atoms with Crippen LogP contribution in [-0.4, -0.2) is 14.6 Å². The van der Waals surface area contributed by atoms with Crippen molar-refractivity contribution in [3.05, 3.63) is 46.8 Å². The van der Waals surface area contributed by atoms with Crippen molar-refractivity contribution in [3.8, 4) is 11.3 Å². The summed E-state index contributed by atoms with van der Waals surface area (Å²) in [5.74, 6) is 0.148. The molecule has 3 rings (SSSR count). The number of hydrogen-bond donors (Lipinski definition) is 1. The molecule has 2 heterocycles. The van der Waals surface area contributed by atoms with Crippen molar-refractivity contribution in [1.82, 2.24) is 14.6 Å². The van der Waals surface area contributed by atoms with Gasteiger partial charge in [-0.15, -0.1) is 0 Å². The summed E-state index contributed by atoms with van der Waals surface area (Å²) in [5, 5.41) is 4.38. The highest BCUT2D eigenvalue weighted by molar-refractivity contribution is 9.10. The molecule has 2 N–H and O–H groups in total. The molecule has 0 saturated heterocycles. The molecule has 0 amide bonds. The summed E-state index contributed by atoms with van der Waals surface area (Å²) < 4.78 is 15.3. The van der Waals surface area contributed by atoms with Gasteiger partial charge in [-0.25, -0.2) is 13.9 Å². The topological polar surface area (TPSA) is 56.2 Å². The first kappa shape index (κ1) is 11.2. The number of nitrogens with zero attached hydrogens (tertiary/aromatic N) is 3. The molecule has 0 spiro atoms. The fraction of sp³-hybridized carbons (Fsp3) is 0. The van der Waals surface area contributed by atoms with Crippen LogP contribution in [0.25, 0.3) is 16.9 Å². The van der Waals surface area contributed by atoms with E-state index in [0.717, 1.165) is 10.0 Å². The number of rotatable bonds is 1. The van der Waals surface area contributed by atoms with Crippen LogP contribution in [0.1, 0.15) is 0 Å². The molecular formula is C12H8BrFN4. The number of anilines is 1. The molecule has 0 unspecified atom stereocenters. The first-order valence-electron chi connectivity index (χ1n) is 5.21. The van der Waals surface area contributed by atoms with E-state index in [1.807, 2.05) is 0 Å². The molecule has 0 aliphatic carbocycles. The second-order valence-corrected chi connectivity index (χ2v) is 4.58. The minimum absolute atomic E-state index is 0.277. The number of nitrogens with two attached hydrogens (primary N) is 1. The minimum Gasteiger partial charge on any atom is -0.384 e. The molecule has 4 nitrogen and oxygen atoms in total. The first-order chi connectivity index (χ1) is 8.65. The van der Waals surface area contributed by atoms with Gasteiger partial charge in [0.25, 0.3) is 0 Å². The van der Waals surface area contributed by atoms with Crippen LogP contribution in [0.15, 0.2) is 41.0 Å². The highest BCUT2D eigenvalue weighted by Crippen LogP contribution is 2.30. The molecule has 0 radical (unpaired) electrons. The Kier molecular flexibility index (Phi) is 2.52. The van der Waals surface area contributed by atoms with Crippen LogP contribution in [0, 0.1) is 5.82 Å². The monoisotopic (exact) mass is 306 g/mol. The van der Waals surface area contributed by atoms with Crippen LogP contribution in [0.4, 0.5) is 10.2 Å². The standard InChI is InChI=1S/C12H8BrFN4/c13-10-11(7-1-3-8(14)4-2-7)17-18-6-5-9(15)16-12(10)18/h1-6H,(H2,15,16). The van der Waals surface area contributed by atoms with Crippen molar-refractivity contribution in [2.45, 2.75) is 0 Å². The molecule has 6 heteroatoms. The van der Waals surface area contributed by atoms with Crippen molar-refractivity contribution in [3.63, 3.8) is 0 Å². The van der Waals surface area contributed by atoms with E-state index < -0.39 is 0 Å². The van der Waals surface area contributed by atoms with E-state index >= 15 is 0 Å². The van der Waals surface area contributed by atoms with E-state index in [2.05, 4.69) is 26.0 Å². The number of aromatic nitrogens is 3. The molecule has 0 aliphatic rings. The maximum Gasteiger partial charge on any atom is 0.172 e. The highest BCUT2D eigenvalue weighted by Gasteiger charge is 2.13. The summed E-state index contributed by atoms with van der Waals surface area (Å²) >= 11 is 3.45. The van der Waals surface area contributed by atoms with Gasteiger partial charge in [0.15, 0.2) is 5.65 Å². The molecule has 1 aromatic carbocycles. The minimum atomic E-state index is -0.277. The second kappa shape index (κ2) is 4.06. The molecule has 18 heavy (non-hydrogen) atoms.